The van der Waals surface area contributed by atoms with Crippen molar-refractivity contribution in [2.45, 2.75) is 19.8 Å². The van der Waals surface area contributed by atoms with Gasteiger partial charge in [-0.1, -0.05) is 13.8 Å². The third kappa shape index (κ3) is 1.52. The zero-order valence-corrected chi connectivity index (χ0v) is 9.23. The van der Waals surface area contributed by atoms with Gasteiger partial charge in [0.1, 0.15) is 0 Å². The second-order valence-corrected chi connectivity index (χ2v) is 4.94. The molecule has 1 aromatic rings. The number of nitrogens with two attached hydrogens (primary N) is 1. The largest absolute Gasteiger partial charge is 0.330 e. The lowest BCUT2D eigenvalue weighted by atomic mass is 10.0. The van der Waals surface area contributed by atoms with Gasteiger partial charge in [-0.15, -0.1) is 0 Å². The molecule has 0 spiro atoms. The monoisotopic (exact) mass is 229 g/mol. The summed E-state index contributed by atoms with van der Waals surface area (Å²) in [6, 6.07) is 2.14. The van der Waals surface area contributed by atoms with Gasteiger partial charge in [0.25, 0.3) is 0 Å². The summed E-state index contributed by atoms with van der Waals surface area (Å²) in [7, 11) is 0. The van der Waals surface area contributed by atoms with Crippen LogP contribution in [0, 0.1) is 28.8 Å². The van der Waals surface area contributed by atoms with Crippen LogP contribution in [0.1, 0.15) is 25.3 Å². The molecule has 1 saturated carbocycles. The molecule has 0 aromatic heterocycles. The van der Waals surface area contributed by atoms with Crippen molar-refractivity contribution in [2.75, 3.05) is 6.54 Å². The van der Waals surface area contributed by atoms with Crippen molar-refractivity contribution in [3.05, 3.63) is 35.1 Å². The van der Waals surface area contributed by atoms with E-state index in [1.165, 1.54) is 0 Å². The second kappa shape index (κ2) is 3.48. The van der Waals surface area contributed by atoms with E-state index in [4.69, 9.17) is 5.73 Å². The van der Waals surface area contributed by atoms with Gasteiger partial charge < -0.3 is 5.73 Å². The Bertz CT molecular complexity index is 405. The maximum absolute atomic E-state index is 13.1. The zero-order valence-electron chi connectivity index (χ0n) is 9.23. The molecule has 0 amide bonds. The topological polar surface area (TPSA) is 26.0 Å². The average molecular weight is 229 g/mol. The molecule has 2 rings (SSSR count). The summed E-state index contributed by atoms with van der Waals surface area (Å²) in [5.74, 6) is -3.45. The van der Waals surface area contributed by atoms with Crippen LogP contribution in [0.15, 0.2) is 12.1 Å². The zero-order chi connectivity index (χ0) is 12.1. The van der Waals surface area contributed by atoms with E-state index in [1.54, 1.807) is 0 Å². The van der Waals surface area contributed by atoms with Crippen LogP contribution in [-0.4, -0.2) is 6.54 Å². The summed E-state index contributed by atoms with van der Waals surface area (Å²) >= 11 is 0. The second-order valence-electron chi connectivity index (χ2n) is 4.94. The lowest BCUT2D eigenvalue weighted by Gasteiger charge is -2.04. The third-order valence-electron chi connectivity index (χ3n) is 3.67. The van der Waals surface area contributed by atoms with E-state index < -0.39 is 17.5 Å². The Morgan fingerprint density at radius 3 is 2.06 bits per heavy atom. The molecule has 1 aromatic carbocycles. The van der Waals surface area contributed by atoms with Crippen molar-refractivity contribution in [3.8, 4) is 0 Å². The minimum Gasteiger partial charge on any atom is -0.330 e. The smallest absolute Gasteiger partial charge is 0.194 e. The summed E-state index contributed by atoms with van der Waals surface area (Å²) < 4.78 is 38.9. The Hall–Kier alpha value is -1.03. The van der Waals surface area contributed by atoms with Crippen LogP contribution in [0.5, 0.6) is 0 Å². The summed E-state index contributed by atoms with van der Waals surface area (Å²) in [6.07, 6.45) is 0. The molecule has 16 heavy (non-hydrogen) atoms. The molecule has 1 aliphatic rings. The third-order valence-corrected chi connectivity index (χ3v) is 3.67. The molecule has 0 bridgehead atoms. The predicted molar refractivity (Wildman–Crippen MR) is 55.4 cm³/mol. The van der Waals surface area contributed by atoms with Crippen LogP contribution in [-0.2, 0) is 0 Å². The van der Waals surface area contributed by atoms with Gasteiger partial charge in [-0.2, -0.15) is 0 Å². The SMILES string of the molecule is CC1(C)[C@@H](CN)[C@@H]1c1cc(F)c(F)c(F)c1. The highest BCUT2D eigenvalue weighted by Crippen LogP contribution is 2.63. The van der Waals surface area contributed by atoms with Crippen LogP contribution >= 0.6 is 0 Å². The molecule has 0 aliphatic heterocycles. The first-order valence-electron chi connectivity index (χ1n) is 5.24. The van der Waals surface area contributed by atoms with Gasteiger partial charge in [0, 0.05) is 0 Å². The minimum absolute atomic E-state index is 0.0158. The normalized spacial score (nSPS) is 26.9. The van der Waals surface area contributed by atoms with Gasteiger partial charge in [-0.25, -0.2) is 13.2 Å². The number of rotatable bonds is 2. The number of hydrogen-bond acceptors (Lipinski definition) is 1. The first-order valence-corrected chi connectivity index (χ1v) is 5.24. The van der Waals surface area contributed by atoms with E-state index in [9.17, 15) is 13.2 Å². The number of halogens is 3. The number of benzene rings is 1. The Kier molecular flexibility index (Phi) is 2.49. The Morgan fingerprint density at radius 1 is 1.19 bits per heavy atom. The molecule has 2 atom stereocenters. The van der Waals surface area contributed by atoms with Crippen LogP contribution in [0.3, 0.4) is 0 Å². The highest BCUT2D eigenvalue weighted by molar-refractivity contribution is 5.33. The van der Waals surface area contributed by atoms with Gasteiger partial charge in [-0.05, 0) is 41.5 Å². The van der Waals surface area contributed by atoms with Crippen molar-refractivity contribution >= 4 is 0 Å². The van der Waals surface area contributed by atoms with Gasteiger partial charge in [-0.3, -0.25) is 0 Å². The molecule has 0 radical (unpaired) electrons. The molecule has 0 heterocycles. The van der Waals surface area contributed by atoms with E-state index in [0.717, 1.165) is 12.1 Å². The molecule has 0 unspecified atom stereocenters. The average Bonchev–Trinajstić information content (AvgIpc) is 2.76. The van der Waals surface area contributed by atoms with E-state index in [1.807, 2.05) is 13.8 Å². The predicted octanol–water partition coefficient (Wildman–Crippen LogP) is 2.80. The van der Waals surface area contributed by atoms with Crippen molar-refractivity contribution in [1.29, 1.82) is 0 Å². The van der Waals surface area contributed by atoms with Crippen molar-refractivity contribution in [2.24, 2.45) is 17.1 Å². The fourth-order valence-electron chi connectivity index (χ4n) is 2.60. The highest BCUT2D eigenvalue weighted by atomic mass is 19.2. The fourth-order valence-corrected chi connectivity index (χ4v) is 2.60. The van der Waals surface area contributed by atoms with E-state index >= 15 is 0 Å². The lowest BCUT2D eigenvalue weighted by molar-refractivity contribution is 0.444. The highest BCUT2D eigenvalue weighted by Gasteiger charge is 2.57. The molecule has 1 fully saturated rings. The summed E-state index contributed by atoms with van der Waals surface area (Å²) in [5, 5.41) is 0. The molecule has 1 aliphatic carbocycles. The molecular formula is C12H14F3N. The summed E-state index contributed by atoms with van der Waals surface area (Å²) in [6.45, 7) is 4.46. The molecular weight excluding hydrogens is 215 g/mol. The van der Waals surface area contributed by atoms with Crippen LogP contribution in [0.2, 0.25) is 0 Å². The van der Waals surface area contributed by atoms with Gasteiger partial charge >= 0.3 is 0 Å². The van der Waals surface area contributed by atoms with E-state index in [-0.39, 0.29) is 17.3 Å². The summed E-state index contributed by atoms with van der Waals surface area (Å²) in [5.41, 5.74) is 6.01. The standard InChI is InChI=1S/C12H14F3N/c1-12(2)7(5-16)10(12)6-3-8(13)11(15)9(14)4-6/h3-4,7,10H,5,16H2,1-2H3/t7-,10-/m0/s1. The summed E-state index contributed by atoms with van der Waals surface area (Å²) in [4.78, 5) is 0. The molecule has 2 N–H and O–H groups in total. The Morgan fingerprint density at radius 2 is 1.69 bits per heavy atom. The Balaban J connectivity index is 2.37. The fraction of sp³-hybridized carbons (Fsp3) is 0.500. The van der Waals surface area contributed by atoms with Crippen LogP contribution < -0.4 is 5.73 Å². The first-order chi connectivity index (χ1) is 7.39. The van der Waals surface area contributed by atoms with E-state index in [0.29, 0.717) is 12.1 Å². The Labute approximate surface area is 92.5 Å². The first kappa shape index (κ1) is 11.5. The molecule has 0 saturated heterocycles. The number of hydrogen-bond donors (Lipinski definition) is 1. The van der Waals surface area contributed by atoms with Crippen molar-refractivity contribution in [3.63, 3.8) is 0 Å². The van der Waals surface area contributed by atoms with Crippen LogP contribution in [0.4, 0.5) is 13.2 Å². The van der Waals surface area contributed by atoms with Gasteiger partial charge in [0.15, 0.2) is 17.5 Å². The quantitative estimate of drug-likeness (QED) is 0.775. The minimum atomic E-state index is -1.41. The van der Waals surface area contributed by atoms with Gasteiger partial charge in [0.05, 0.1) is 0 Å². The van der Waals surface area contributed by atoms with Gasteiger partial charge in [0.2, 0.25) is 0 Å². The van der Waals surface area contributed by atoms with Crippen molar-refractivity contribution in [1.82, 2.24) is 0 Å². The molecule has 1 nitrogen and oxygen atoms in total. The van der Waals surface area contributed by atoms with Crippen molar-refractivity contribution < 1.29 is 13.2 Å². The molecule has 4 heteroatoms. The molecule has 88 valence electrons. The maximum atomic E-state index is 13.1. The van der Waals surface area contributed by atoms with E-state index in [2.05, 4.69) is 0 Å². The van der Waals surface area contributed by atoms with Crippen LogP contribution in [0.25, 0.3) is 0 Å². The lowest BCUT2D eigenvalue weighted by Crippen LogP contribution is -2.05. The maximum Gasteiger partial charge on any atom is 0.194 e.